The van der Waals surface area contributed by atoms with Gasteiger partial charge in [0, 0.05) is 38.9 Å². The van der Waals surface area contributed by atoms with Crippen molar-refractivity contribution in [2.45, 2.75) is 18.4 Å². The lowest BCUT2D eigenvalue weighted by atomic mass is 10.0. The fourth-order valence-electron chi connectivity index (χ4n) is 3.51. The van der Waals surface area contributed by atoms with E-state index in [0.29, 0.717) is 27.9 Å². The number of hydrogen-bond acceptors (Lipinski definition) is 5. The fraction of sp³-hybridized carbons (Fsp3) is 0.273. The lowest BCUT2D eigenvalue weighted by Gasteiger charge is -2.12. The quantitative estimate of drug-likeness (QED) is 0.564. The van der Waals surface area contributed by atoms with E-state index < -0.39 is 15.9 Å². The minimum atomic E-state index is -3.66. The highest BCUT2D eigenvalue weighted by molar-refractivity contribution is 7.89. The summed E-state index contributed by atoms with van der Waals surface area (Å²) in [6.07, 6.45) is 1.29. The molecule has 3 N–H and O–H groups in total. The van der Waals surface area contributed by atoms with Gasteiger partial charge in [0.2, 0.25) is 10.0 Å². The van der Waals surface area contributed by atoms with Crippen molar-refractivity contribution in [3.63, 3.8) is 0 Å². The van der Waals surface area contributed by atoms with Crippen LogP contribution in [0, 0.1) is 6.92 Å². The maximum atomic E-state index is 14.4. The normalized spacial score (nSPS) is 12.5. The molecule has 0 radical (unpaired) electrons. The number of carbonyl (C=O) groups is 1. The van der Waals surface area contributed by atoms with Crippen LogP contribution in [0.3, 0.4) is 0 Å². The number of fused-ring (bicyclic) bond motifs is 1. The molecule has 0 bridgehead atoms. The molecule has 2 heterocycles. The summed E-state index contributed by atoms with van der Waals surface area (Å²) in [5.41, 5.74) is 8.64. The molecule has 0 aliphatic heterocycles. The van der Waals surface area contributed by atoms with Crippen molar-refractivity contribution >= 4 is 27.0 Å². The SMILES string of the molecule is CNC(=O)c1ccc2c(n1)c(-c1cccc(S(=O)(=O)N(C)C)c1)c(C)n2C/C(F)=C/CN. The molecule has 0 aliphatic carbocycles. The third-order valence-electron chi connectivity index (χ3n) is 5.18. The minimum absolute atomic E-state index is 0.0593. The number of nitrogens with one attached hydrogen (secondary N) is 1. The molecule has 0 spiro atoms. The second-order valence-corrected chi connectivity index (χ2v) is 9.54. The first-order valence-corrected chi connectivity index (χ1v) is 11.3. The van der Waals surface area contributed by atoms with Gasteiger partial charge < -0.3 is 15.6 Å². The predicted molar refractivity (Wildman–Crippen MR) is 122 cm³/mol. The summed E-state index contributed by atoms with van der Waals surface area (Å²) in [6.45, 7) is 1.82. The Morgan fingerprint density at radius 2 is 2.00 bits per heavy atom. The number of hydrogen-bond donors (Lipinski definition) is 2. The van der Waals surface area contributed by atoms with E-state index in [1.165, 1.54) is 33.3 Å². The van der Waals surface area contributed by atoms with Crippen molar-refractivity contribution in [1.29, 1.82) is 0 Å². The number of halogens is 1. The molecule has 0 fully saturated rings. The summed E-state index contributed by atoms with van der Waals surface area (Å²) in [7, 11) is 0.771. The van der Waals surface area contributed by atoms with Crippen molar-refractivity contribution in [3.05, 3.63) is 59.7 Å². The maximum Gasteiger partial charge on any atom is 0.269 e. The largest absolute Gasteiger partial charge is 0.354 e. The number of carbonyl (C=O) groups excluding carboxylic acids is 1. The topological polar surface area (TPSA) is 110 Å². The Balaban J connectivity index is 2.31. The maximum absolute atomic E-state index is 14.4. The smallest absolute Gasteiger partial charge is 0.269 e. The highest BCUT2D eigenvalue weighted by Gasteiger charge is 2.22. The van der Waals surface area contributed by atoms with Crippen molar-refractivity contribution in [2.24, 2.45) is 5.73 Å². The molecule has 8 nitrogen and oxygen atoms in total. The van der Waals surface area contributed by atoms with Crippen LogP contribution < -0.4 is 11.1 Å². The average molecular weight is 460 g/mol. The Morgan fingerprint density at radius 3 is 2.62 bits per heavy atom. The molecule has 3 aromatic rings. The zero-order valence-electron chi connectivity index (χ0n) is 18.4. The first-order chi connectivity index (χ1) is 15.1. The number of amides is 1. The summed E-state index contributed by atoms with van der Waals surface area (Å²) < 4.78 is 42.5. The molecule has 0 atom stereocenters. The lowest BCUT2D eigenvalue weighted by molar-refractivity contribution is 0.0958. The van der Waals surface area contributed by atoms with E-state index in [1.54, 1.807) is 41.8 Å². The highest BCUT2D eigenvalue weighted by Crippen LogP contribution is 2.35. The van der Waals surface area contributed by atoms with Crippen LogP contribution in [-0.4, -0.2) is 55.9 Å². The van der Waals surface area contributed by atoms with E-state index in [1.807, 2.05) is 0 Å². The van der Waals surface area contributed by atoms with Gasteiger partial charge in [-0.2, -0.15) is 0 Å². The third-order valence-corrected chi connectivity index (χ3v) is 6.99. The van der Waals surface area contributed by atoms with E-state index in [0.717, 1.165) is 4.31 Å². The van der Waals surface area contributed by atoms with Crippen LogP contribution in [0.1, 0.15) is 16.2 Å². The van der Waals surface area contributed by atoms with Crippen LogP contribution in [0.5, 0.6) is 0 Å². The van der Waals surface area contributed by atoms with Gasteiger partial charge in [-0.05, 0) is 42.8 Å². The Kier molecular flexibility index (Phi) is 6.77. The molecular weight excluding hydrogens is 433 g/mol. The van der Waals surface area contributed by atoms with Crippen molar-refractivity contribution < 1.29 is 17.6 Å². The molecule has 1 aromatic carbocycles. The third kappa shape index (κ3) is 4.29. The zero-order chi connectivity index (χ0) is 23.6. The first-order valence-electron chi connectivity index (χ1n) is 9.91. The molecule has 0 saturated heterocycles. The van der Waals surface area contributed by atoms with E-state index in [-0.39, 0.29) is 29.6 Å². The summed E-state index contributed by atoms with van der Waals surface area (Å²) in [5, 5.41) is 2.54. The van der Waals surface area contributed by atoms with Gasteiger partial charge in [0.15, 0.2) is 0 Å². The van der Waals surface area contributed by atoms with Gasteiger partial charge in [0.1, 0.15) is 11.5 Å². The van der Waals surface area contributed by atoms with Gasteiger partial charge in [-0.1, -0.05) is 12.1 Å². The number of nitrogens with zero attached hydrogens (tertiary/aromatic N) is 3. The fourth-order valence-corrected chi connectivity index (χ4v) is 4.46. The molecule has 0 saturated carbocycles. The van der Waals surface area contributed by atoms with Gasteiger partial charge >= 0.3 is 0 Å². The number of benzene rings is 1. The zero-order valence-corrected chi connectivity index (χ0v) is 19.2. The highest BCUT2D eigenvalue weighted by atomic mass is 32.2. The first kappa shape index (κ1) is 23.6. The van der Waals surface area contributed by atoms with Crippen LogP contribution in [0.15, 0.2) is 53.2 Å². The van der Waals surface area contributed by atoms with Crippen molar-refractivity contribution in [3.8, 4) is 11.1 Å². The van der Waals surface area contributed by atoms with Crippen molar-refractivity contribution in [1.82, 2.24) is 19.2 Å². The number of pyridine rings is 1. The Hall–Kier alpha value is -3.08. The van der Waals surface area contributed by atoms with Crippen LogP contribution >= 0.6 is 0 Å². The van der Waals surface area contributed by atoms with Gasteiger partial charge in [0.05, 0.1) is 22.5 Å². The molecule has 3 rings (SSSR count). The standard InChI is InChI=1S/C22H26FN5O3S/c1-14-20(15-6-5-7-17(12-15)32(30,31)27(3)4)21-19(28(14)13-16(23)10-11-24)9-8-18(26-21)22(29)25-2/h5-10,12H,11,13,24H2,1-4H3,(H,25,29)/b16-10-. The summed E-state index contributed by atoms with van der Waals surface area (Å²) in [4.78, 5) is 16.8. The Bertz CT molecular complexity index is 1310. The summed E-state index contributed by atoms with van der Waals surface area (Å²) in [5.74, 6) is -0.764. The molecule has 1 amide bonds. The van der Waals surface area contributed by atoms with Gasteiger partial charge in [-0.15, -0.1) is 0 Å². The molecule has 32 heavy (non-hydrogen) atoms. The number of sulfonamides is 1. The predicted octanol–water partition coefficient (Wildman–Crippen LogP) is 2.43. The number of aromatic nitrogens is 2. The van der Waals surface area contributed by atoms with E-state index in [2.05, 4.69) is 10.3 Å². The molecular formula is C22H26FN5O3S. The second kappa shape index (κ2) is 9.19. The van der Waals surface area contributed by atoms with Crippen LogP contribution in [-0.2, 0) is 16.6 Å². The van der Waals surface area contributed by atoms with Gasteiger partial charge in [-0.25, -0.2) is 22.1 Å². The van der Waals surface area contributed by atoms with Crippen LogP contribution in [0.2, 0.25) is 0 Å². The van der Waals surface area contributed by atoms with Gasteiger partial charge in [-0.3, -0.25) is 4.79 Å². The number of rotatable bonds is 7. The summed E-state index contributed by atoms with van der Waals surface area (Å²) >= 11 is 0. The van der Waals surface area contributed by atoms with Gasteiger partial charge in [0.25, 0.3) is 5.91 Å². The Labute approximate surface area is 186 Å². The molecule has 0 aliphatic rings. The van der Waals surface area contributed by atoms with Crippen molar-refractivity contribution in [2.75, 3.05) is 27.7 Å². The average Bonchev–Trinajstić information content (AvgIpc) is 3.03. The minimum Gasteiger partial charge on any atom is -0.354 e. The molecule has 2 aromatic heterocycles. The number of nitrogens with two attached hydrogens (primary N) is 1. The summed E-state index contributed by atoms with van der Waals surface area (Å²) in [6, 6.07) is 9.76. The molecule has 10 heteroatoms. The number of allylic oxidation sites excluding steroid dienone is 1. The van der Waals surface area contributed by atoms with E-state index in [9.17, 15) is 17.6 Å². The molecule has 0 unspecified atom stereocenters. The Morgan fingerprint density at radius 1 is 1.28 bits per heavy atom. The second-order valence-electron chi connectivity index (χ2n) is 7.39. The van der Waals surface area contributed by atoms with E-state index >= 15 is 0 Å². The molecule has 170 valence electrons. The van der Waals surface area contributed by atoms with Crippen LogP contribution in [0.4, 0.5) is 4.39 Å². The van der Waals surface area contributed by atoms with Crippen LogP contribution in [0.25, 0.3) is 22.2 Å². The monoisotopic (exact) mass is 459 g/mol. The lowest BCUT2D eigenvalue weighted by Crippen LogP contribution is -2.22. The van der Waals surface area contributed by atoms with E-state index in [4.69, 9.17) is 5.73 Å².